The highest BCUT2D eigenvalue weighted by Crippen LogP contribution is 2.41. The van der Waals surface area contributed by atoms with Gasteiger partial charge in [-0.2, -0.15) is 0 Å². The molecule has 0 aromatic carbocycles. The second-order valence-corrected chi connectivity index (χ2v) is 9.69. The number of nitrogens with one attached hydrogen (secondary N) is 1. The molecule has 1 saturated carbocycles. The van der Waals surface area contributed by atoms with E-state index in [4.69, 9.17) is 4.98 Å². The molecule has 1 aliphatic heterocycles. The van der Waals surface area contributed by atoms with Crippen LogP contribution in [0.15, 0.2) is 14.7 Å². The molecule has 1 saturated heterocycles. The molecule has 11 heteroatoms. The molecule has 2 aliphatic rings. The van der Waals surface area contributed by atoms with Gasteiger partial charge in [-0.3, -0.25) is 18.9 Å². The van der Waals surface area contributed by atoms with Gasteiger partial charge in [-0.25, -0.2) is 9.78 Å². The lowest BCUT2D eigenvalue weighted by atomic mass is 10.1. The molecule has 0 amide bonds. The first-order valence-corrected chi connectivity index (χ1v) is 12.6. The summed E-state index contributed by atoms with van der Waals surface area (Å²) < 4.78 is 5.67. The number of aromatic nitrogens is 7. The smallest absolute Gasteiger partial charge is 0.330 e. The van der Waals surface area contributed by atoms with E-state index in [0.29, 0.717) is 29.5 Å². The van der Waals surface area contributed by atoms with Crippen molar-refractivity contribution in [3.05, 3.63) is 26.7 Å². The van der Waals surface area contributed by atoms with Gasteiger partial charge in [-0.05, 0) is 38.5 Å². The lowest BCUT2D eigenvalue weighted by Gasteiger charge is -2.27. The Kier molecular flexibility index (Phi) is 5.83. The number of unbranched alkanes of at least 4 members (excludes halogenated alkanes) is 1. The summed E-state index contributed by atoms with van der Waals surface area (Å²) in [5.41, 5.74) is 0.113. The third-order valence-electron chi connectivity index (χ3n) is 6.37. The quantitative estimate of drug-likeness (QED) is 0.517. The molecule has 0 unspecified atom stereocenters. The van der Waals surface area contributed by atoms with Crippen LogP contribution in [0.1, 0.15) is 63.7 Å². The molecule has 10 nitrogen and oxygen atoms in total. The summed E-state index contributed by atoms with van der Waals surface area (Å²) >= 11 is 1.60. The minimum atomic E-state index is -0.395. The number of anilines is 1. The van der Waals surface area contributed by atoms with Crippen LogP contribution in [0.3, 0.4) is 0 Å². The molecule has 5 rings (SSSR count). The molecule has 0 spiro atoms. The molecule has 0 radical (unpaired) electrons. The van der Waals surface area contributed by atoms with Crippen molar-refractivity contribution in [1.82, 2.24) is 33.9 Å². The van der Waals surface area contributed by atoms with Crippen molar-refractivity contribution in [1.29, 1.82) is 0 Å². The predicted molar refractivity (Wildman–Crippen MR) is 124 cm³/mol. The highest BCUT2D eigenvalue weighted by Gasteiger charge is 2.32. The van der Waals surface area contributed by atoms with E-state index in [-0.39, 0.29) is 0 Å². The molecule has 2 fully saturated rings. The Bertz CT molecular complexity index is 1230. The number of H-pyrrole nitrogens is 1. The summed E-state index contributed by atoms with van der Waals surface area (Å²) in [4.78, 5) is 34.4. The minimum Gasteiger partial charge on any atom is -0.341 e. The Morgan fingerprint density at radius 2 is 1.91 bits per heavy atom. The Balaban J connectivity index is 1.44. The molecule has 32 heavy (non-hydrogen) atoms. The van der Waals surface area contributed by atoms with Crippen molar-refractivity contribution in [2.45, 2.75) is 75.4 Å². The van der Waals surface area contributed by atoms with Gasteiger partial charge < -0.3 is 9.47 Å². The van der Waals surface area contributed by atoms with Crippen molar-refractivity contribution in [3.8, 4) is 0 Å². The van der Waals surface area contributed by atoms with Crippen LogP contribution in [-0.4, -0.2) is 47.0 Å². The zero-order valence-electron chi connectivity index (χ0n) is 18.7. The molecular formula is C21H30N8O2S. The number of thioether (sulfide) groups is 1. The Labute approximate surface area is 190 Å². The Morgan fingerprint density at radius 1 is 1.12 bits per heavy atom. The van der Waals surface area contributed by atoms with Gasteiger partial charge in [0.1, 0.15) is 5.82 Å². The van der Waals surface area contributed by atoms with E-state index in [9.17, 15) is 9.59 Å². The third-order valence-corrected chi connectivity index (χ3v) is 7.31. The van der Waals surface area contributed by atoms with Crippen LogP contribution in [0.25, 0.3) is 11.2 Å². The first-order valence-electron chi connectivity index (χ1n) is 11.6. The summed E-state index contributed by atoms with van der Waals surface area (Å²) in [6, 6.07) is 0.479. The molecular weight excluding hydrogens is 428 g/mol. The largest absolute Gasteiger partial charge is 0.341 e. The monoisotopic (exact) mass is 458 g/mol. The van der Waals surface area contributed by atoms with E-state index >= 15 is 0 Å². The van der Waals surface area contributed by atoms with Gasteiger partial charge in [0, 0.05) is 32.7 Å². The summed E-state index contributed by atoms with van der Waals surface area (Å²) in [6.07, 6.45) is 7.83. The van der Waals surface area contributed by atoms with Gasteiger partial charge in [0.2, 0.25) is 5.95 Å². The van der Waals surface area contributed by atoms with Crippen LogP contribution in [0.4, 0.5) is 5.95 Å². The van der Waals surface area contributed by atoms with Crippen LogP contribution in [-0.2, 0) is 19.3 Å². The summed E-state index contributed by atoms with van der Waals surface area (Å²) in [7, 11) is 1.83. The zero-order chi connectivity index (χ0) is 22.2. The minimum absolute atomic E-state index is 0.391. The van der Waals surface area contributed by atoms with Gasteiger partial charge in [0.15, 0.2) is 16.3 Å². The van der Waals surface area contributed by atoms with Crippen molar-refractivity contribution in [2.75, 3.05) is 18.0 Å². The van der Waals surface area contributed by atoms with Gasteiger partial charge >= 0.3 is 5.69 Å². The van der Waals surface area contributed by atoms with E-state index in [0.717, 1.165) is 55.7 Å². The molecule has 0 atom stereocenters. The average molecular weight is 459 g/mol. The first kappa shape index (κ1) is 21.3. The number of nitrogens with zero attached hydrogens (tertiary/aromatic N) is 7. The lowest BCUT2D eigenvalue weighted by molar-refractivity contribution is 0.548. The number of rotatable bonds is 8. The Hall–Kier alpha value is -2.56. The number of aromatic amines is 1. The second kappa shape index (κ2) is 8.76. The molecule has 4 heterocycles. The van der Waals surface area contributed by atoms with E-state index in [1.165, 1.54) is 19.3 Å². The van der Waals surface area contributed by atoms with Gasteiger partial charge in [-0.15, -0.1) is 10.2 Å². The molecule has 3 aromatic heterocycles. The predicted octanol–water partition coefficient (Wildman–Crippen LogP) is 2.43. The van der Waals surface area contributed by atoms with Crippen molar-refractivity contribution in [2.24, 2.45) is 7.05 Å². The van der Waals surface area contributed by atoms with E-state index in [1.807, 2.05) is 7.05 Å². The topological polar surface area (TPSA) is 107 Å². The maximum atomic E-state index is 12.5. The van der Waals surface area contributed by atoms with Gasteiger partial charge in [-0.1, -0.05) is 25.1 Å². The van der Waals surface area contributed by atoms with E-state index < -0.39 is 11.2 Å². The fourth-order valence-corrected chi connectivity index (χ4v) is 5.39. The van der Waals surface area contributed by atoms with Crippen LogP contribution in [0, 0.1) is 0 Å². The maximum Gasteiger partial charge on any atom is 0.330 e. The van der Waals surface area contributed by atoms with Gasteiger partial charge in [0.25, 0.3) is 5.56 Å². The third kappa shape index (κ3) is 3.87. The first-order chi connectivity index (χ1) is 15.6. The highest BCUT2D eigenvalue weighted by molar-refractivity contribution is 7.98. The number of piperidine rings is 1. The molecule has 172 valence electrons. The number of hydrogen-bond acceptors (Lipinski definition) is 7. The summed E-state index contributed by atoms with van der Waals surface area (Å²) in [6.45, 7) is 4.70. The van der Waals surface area contributed by atoms with Crippen LogP contribution in [0.5, 0.6) is 0 Å². The van der Waals surface area contributed by atoms with Crippen LogP contribution < -0.4 is 16.1 Å². The molecule has 0 bridgehead atoms. The lowest BCUT2D eigenvalue weighted by Crippen LogP contribution is -2.31. The highest BCUT2D eigenvalue weighted by atomic mass is 32.2. The van der Waals surface area contributed by atoms with Crippen LogP contribution >= 0.6 is 11.8 Å². The van der Waals surface area contributed by atoms with Gasteiger partial charge in [0.05, 0.1) is 5.75 Å². The number of imidazole rings is 1. The number of hydrogen-bond donors (Lipinski definition) is 1. The van der Waals surface area contributed by atoms with E-state index in [2.05, 4.69) is 31.6 Å². The van der Waals surface area contributed by atoms with Crippen LogP contribution in [0.2, 0.25) is 0 Å². The van der Waals surface area contributed by atoms with Crippen molar-refractivity contribution in [3.63, 3.8) is 0 Å². The molecule has 1 N–H and O–H groups in total. The second-order valence-electron chi connectivity index (χ2n) is 8.74. The maximum absolute atomic E-state index is 12.5. The normalized spacial score (nSPS) is 16.9. The summed E-state index contributed by atoms with van der Waals surface area (Å²) in [5.74, 6) is 2.29. The zero-order valence-corrected chi connectivity index (χ0v) is 19.5. The number of aryl methyl sites for hydroxylation is 2. The van der Waals surface area contributed by atoms with Crippen molar-refractivity contribution >= 4 is 28.9 Å². The van der Waals surface area contributed by atoms with Crippen molar-refractivity contribution < 1.29 is 0 Å². The average Bonchev–Trinajstić information content (AvgIpc) is 3.46. The molecule has 3 aromatic rings. The standard InChI is InChI=1S/C21H30N8O2S/c1-3-4-12-28-17-16(18(30)23-20(28)31)26(2)15(22-17)13-32-21-25-24-19(29(21)14-8-9-14)27-10-6-5-7-11-27/h14H,3-13H2,1-2H3,(H,23,30,31). The SMILES string of the molecule is CCCCn1c(=O)[nH]c(=O)c2c1nc(CSc1nnc(N3CCCCC3)n1C1CC1)n2C. The summed E-state index contributed by atoms with van der Waals surface area (Å²) in [5, 5.41) is 9.96. The fourth-order valence-electron chi connectivity index (χ4n) is 4.40. The Morgan fingerprint density at radius 3 is 2.62 bits per heavy atom. The molecule has 1 aliphatic carbocycles. The van der Waals surface area contributed by atoms with E-state index in [1.54, 1.807) is 20.9 Å². The number of fused-ring (bicyclic) bond motifs is 1. The fraction of sp³-hybridized carbons (Fsp3) is 0.667.